The van der Waals surface area contributed by atoms with Gasteiger partial charge in [0.05, 0.1) is 6.10 Å². The van der Waals surface area contributed by atoms with E-state index in [9.17, 15) is 5.21 Å². The van der Waals surface area contributed by atoms with Crippen molar-refractivity contribution in [3.8, 4) is 0 Å². The van der Waals surface area contributed by atoms with Crippen molar-refractivity contribution < 1.29 is 9.94 Å². The Labute approximate surface area is 67.9 Å². The molecule has 66 valence electrons. The molecule has 0 aliphatic carbocycles. The Morgan fingerprint density at radius 2 is 2.18 bits per heavy atom. The van der Waals surface area contributed by atoms with Crippen LogP contribution in [0.15, 0.2) is 0 Å². The lowest BCUT2D eigenvalue weighted by Crippen LogP contribution is -2.49. The van der Waals surface area contributed by atoms with Crippen LogP contribution in [-0.4, -0.2) is 35.6 Å². The fraction of sp³-hybridized carbons (Fsp3) is 1.00. The van der Waals surface area contributed by atoms with Crippen LogP contribution in [0.1, 0.15) is 26.7 Å². The second kappa shape index (κ2) is 3.09. The predicted molar refractivity (Wildman–Crippen MR) is 42.6 cm³/mol. The van der Waals surface area contributed by atoms with Gasteiger partial charge >= 0.3 is 0 Å². The zero-order chi connectivity index (χ0) is 8.48. The summed E-state index contributed by atoms with van der Waals surface area (Å²) in [5.74, 6) is 0. The summed E-state index contributed by atoms with van der Waals surface area (Å²) >= 11 is 0. The fourth-order valence-corrected chi connectivity index (χ4v) is 1.53. The summed E-state index contributed by atoms with van der Waals surface area (Å²) in [6, 6.07) is 0. The van der Waals surface area contributed by atoms with Crippen LogP contribution < -0.4 is 0 Å². The van der Waals surface area contributed by atoms with Gasteiger partial charge in [0.1, 0.15) is 0 Å². The molecule has 0 amide bonds. The lowest BCUT2D eigenvalue weighted by Gasteiger charge is -2.40. The van der Waals surface area contributed by atoms with Crippen molar-refractivity contribution in [3.05, 3.63) is 0 Å². The summed E-state index contributed by atoms with van der Waals surface area (Å²) < 4.78 is 5.24. The van der Waals surface area contributed by atoms with E-state index in [1.165, 1.54) is 5.06 Å². The monoisotopic (exact) mass is 159 g/mol. The summed E-state index contributed by atoms with van der Waals surface area (Å²) in [5, 5.41) is 10.8. The van der Waals surface area contributed by atoms with E-state index in [-0.39, 0.29) is 5.54 Å². The van der Waals surface area contributed by atoms with Crippen LogP contribution >= 0.6 is 0 Å². The maximum absolute atomic E-state index is 9.43. The molecule has 1 atom stereocenters. The van der Waals surface area contributed by atoms with Gasteiger partial charge in [0, 0.05) is 19.2 Å². The molecule has 0 aromatic carbocycles. The summed E-state index contributed by atoms with van der Waals surface area (Å²) in [5.41, 5.74) is -0.126. The lowest BCUT2D eigenvalue weighted by atomic mass is 9.90. The highest BCUT2D eigenvalue weighted by molar-refractivity contribution is 4.85. The molecule has 11 heavy (non-hydrogen) atoms. The van der Waals surface area contributed by atoms with Crippen molar-refractivity contribution >= 4 is 0 Å². The molecule has 1 aliphatic rings. The molecule has 0 saturated carbocycles. The first kappa shape index (κ1) is 8.97. The van der Waals surface area contributed by atoms with E-state index in [1.807, 2.05) is 13.8 Å². The van der Waals surface area contributed by atoms with Crippen molar-refractivity contribution in [2.75, 3.05) is 13.7 Å². The highest BCUT2D eigenvalue weighted by Crippen LogP contribution is 2.26. The first-order valence-electron chi connectivity index (χ1n) is 4.05. The maximum atomic E-state index is 9.43. The minimum Gasteiger partial charge on any atom is -0.381 e. The lowest BCUT2D eigenvalue weighted by molar-refractivity contribution is -0.197. The normalized spacial score (nSPS) is 32.2. The van der Waals surface area contributed by atoms with Crippen LogP contribution in [-0.2, 0) is 4.74 Å². The molecule has 0 aromatic rings. The van der Waals surface area contributed by atoms with E-state index < -0.39 is 0 Å². The maximum Gasteiger partial charge on any atom is 0.0602 e. The van der Waals surface area contributed by atoms with E-state index in [1.54, 1.807) is 7.11 Å². The van der Waals surface area contributed by atoms with Gasteiger partial charge in [-0.15, -0.1) is 0 Å². The van der Waals surface area contributed by atoms with E-state index >= 15 is 0 Å². The smallest absolute Gasteiger partial charge is 0.0602 e. The SMILES string of the molecule is COC1CCN(O)C(C)(C)C1. The quantitative estimate of drug-likeness (QED) is 0.625. The average Bonchev–Trinajstić information content (AvgIpc) is 1.95. The zero-order valence-electron chi connectivity index (χ0n) is 7.50. The molecule has 0 spiro atoms. The van der Waals surface area contributed by atoms with Gasteiger partial charge in [0.25, 0.3) is 0 Å². The number of methoxy groups -OCH3 is 1. The topological polar surface area (TPSA) is 32.7 Å². The van der Waals surface area contributed by atoms with Crippen molar-refractivity contribution in [1.82, 2.24) is 5.06 Å². The van der Waals surface area contributed by atoms with Crippen molar-refractivity contribution in [3.63, 3.8) is 0 Å². The molecule has 3 nitrogen and oxygen atoms in total. The predicted octanol–water partition coefficient (Wildman–Crippen LogP) is 1.26. The van der Waals surface area contributed by atoms with Crippen LogP contribution in [0.2, 0.25) is 0 Å². The van der Waals surface area contributed by atoms with Crippen LogP contribution in [0.4, 0.5) is 0 Å². The molecule has 1 saturated heterocycles. The molecule has 1 rings (SSSR count). The Morgan fingerprint density at radius 1 is 1.55 bits per heavy atom. The summed E-state index contributed by atoms with van der Waals surface area (Å²) in [7, 11) is 1.73. The Morgan fingerprint density at radius 3 is 2.64 bits per heavy atom. The minimum atomic E-state index is -0.126. The first-order valence-corrected chi connectivity index (χ1v) is 4.05. The summed E-state index contributed by atoms with van der Waals surface area (Å²) in [6.45, 7) is 4.77. The first-order chi connectivity index (χ1) is 5.06. The minimum absolute atomic E-state index is 0.126. The molecular weight excluding hydrogens is 142 g/mol. The van der Waals surface area contributed by atoms with E-state index in [0.717, 1.165) is 12.8 Å². The number of hydrogen-bond donors (Lipinski definition) is 1. The third kappa shape index (κ3) is 1.92. The van der Waals surface area contributed by atoms with E-state index in [4.69, 9.17) is 4.74 Å². The standard InChI is InChI=1S/C8H17NO2/c1-8(2)6-7(11-3)4-5-9(8)10/h7,10H,4-6H2,1-3H3. The third-order valence-corrected chi connectivity index (χ3v) is 2.42. The van der Waals surface area contributed by atoms with Gasteiger partial charge in [-0.3, -0.25) is 0 Å². The summed E-state index contributed by atoms with van der Waals surface area (Å²) in [4.78, 5) is 0. The van der Waals surface area contributed by atoms with Gasteiger partial charge in [-0.25, -0.2) is 0 Å². The Kier molecular flexibility index (Phi) is 2.52. The van der Waals surface area contributed by atoms with Gasteiger partial charge < -0.3 is 9.94 Å². The zero-order valence-corrected chi connectivity index (χ0v) is 7.50. The van der Waals surface area contributed by atoms with Crippen LogP contribution in [0.3, 0.4) is 0 Å². The van der Waals surface area contributed by atoms with Gasteiger partial charge in [-0.1, -0.05) is 0 Å². The third-order valence-electron chi connectivity index (χ3n) is 2.42. The molecule has 1 N–H and O–H groups in total. The number of piperidine rings is 1. The van der Waals surface area contributed by atoms with Crippen molar-refractivity contribution in [2.45, 2.75) is 38.3 Å². The molecule has 0 bridgehead atoms. The Hall–Kier alpha value is -0.120. The van der Waals surface area contributed by atoms with Crippen molar-refractivity contribution in [1.29, 1.82) is 0 Å². The number of rotatable bonds is 1. The molecule has 1 heterocycles. The highest BCUT2D eigenvalue weighted by Gasteiger charge is 2.33. The number of nitrogens with zero attached hydrogens (tertiary/aromatic N) is 1. The van der Waals surface area contributed by atoms with Gasteiger partial charge in [0.15, 0.2) is 0 Å². The molecule has 0 aromatic heterocycles. The molecule has 1 unspecified atom stereocenters. The van der Waals surface area contributed by atoms with E-state index in [0.29, 0.717) is 12.6 Å². The summed E-state index contributed by atoms with van der Waals surface area (Å²) in [6.07, 6.45) is 2.14. The molecule has 1 aliphatic heterocycles. The van der Waals surface area contributed by atoms with Gasteiger partial charge in [-0.05, 0) is 26.7 Å². The van der Waals surface area contributed by atoms with Crippen LogP contribution in [0.5, 0.6) is 0 Å². The number of ether oxygens (including phenoxy) is 1. The highest BCUT2D eigenvalue weighted by atomic mass is 16.5. The second-order valence-corrected chi connectivity index (χ2v) is 3.79. The molecule has 3 heteroatoms. The van der Waals surface area contributed by atoms with Crippen molar-refractivity contribution in [2.24, 2.45) is 0 Å². The molecule has 0 radical (unpaired) electrons. The Bertz CT molecular complexity index is 136. The number of hydrogen-bond acceptors (Lipinski definition) is 3. The Balaban J connectivity index is 2.52. The van der Waals surface area contributed by atoms with E-state index in [2.05, 4.69) is 0 Å². The largest absolute Gasteiger partial charge is 0.381 e. The fourth-order valence-electron chi connectivity index (χ4n) is 1.53. The second-order valence-electron chi connectivity index (χ2n) is 3.79. The number of hydroxylamine groups is 2. The van der Waals surface area contributed by atoms with Gasteiger partial charge in [0.2, 0.25) is 0 Å². The van der Waals surface area contributed by atoms with Crippen LogP contribution in [0.25, 0.3) is 0 Å². The van der Waals surface area contributed by atoms with Crippen LogP contribution in [0, 0.1) is 0 Å². The molecular formula is C8H17NO2. The average molecular weight is 159 g/mol. The van der Waals surface area contributed by atoms with Gasteiger partial charge in [-0.2, -0.15) is 5.06 Å². The molecule has 1 fully saturated rings.